The number of nitrogens with zero attached hydrogens (tertiary/aromatic N) is 3. The van der Waals surface area contributed by atoms with Crippen LogP contribution in [0.25, 0.3) is 11.3 Å². The van der Waals surface area contributed by atoms with Gasteiger partial charge in [0.1, 0.15) is 0 Å². The molecular formula is C19H22N4O4. The van der Waals surface area contributed by atoms with Gasteiger partial charge in [-0.05, 0) is 18.2 Å². The van der Waals surface area contributed by atoms with E-state index in [1.807, 2.05) is 18.2 Å². The molecule has 0 bridgehead atoms. The SMILES string of the molecule is CN(C)C(=O)CCC(=O)N1CCc2[nH]nc(-c3ccc4c(c3)OCO4)c2C1. The van der Waals surface area contributed by atoms with Crippen molar-refractivity contribution in [2.45, 2.75) is 25.8 Å². The Hall–Kier alpha value is -3.03. The van der Waals surface area contributed by atoms with Gasteiger partial charge in [-0.25, -0.2) is 0 Å². The van der Waals surface area contributed by atoms with Gasteiger partial charge in [0.05, 0.1) is 5.69 Å². The third-order valence-corrected chi connectivity index (χ3v) is 4.98. The Bertz CT molecular complexity index is 890. The number of amides is 2. The minimum absolute atomic E-state index is 0.00585. The molecule has 0 aliphatic carbocycles. The highest BCUT2D eigenvalue weighted by molar-refractivity contribution is 5.84. The Morgan fingerprint density at radius 3 is 2.85 bits per heavy atom. The Balaban J connectivity index is 1.50. The molecule has 1 aromatic heterocycles. The van der Waals surface area contributed by atoms with Gasteiger partial charge in [-0.3, -0.25) is 14.7 Å². The lowest BCUT2D eigenvalue weighted by Gasteiger charge is -2.27. The zero-order valence-electron chi connectivity index (χ0n) is 15.4. The molecule has 2 aromatic rings. The fourth-order valence-electron chi connectivity index (χ4n) is 3.39. The highest BCUT2D eigenvalue weighted by Gasteiger charge is 2.26. The zero-order chi connectivity index (χ0) is 19.0. The van der Waals surface area contributed by atoms with E-state index >= 15 is 0 Å². The van der Waals surface area contributed by atoms with Gasteiger partial charge in [0.2, 0.25) is 18.6 Å². The number of rotatable bonds is 4. The number of carbonyl (C=O) groups is 2. The first kappa shape index (κ1) is 17.4. The van der Waals surface area contributed by atoms with Crippen molar-refractivity contribution in [2.75, 3.05) is 27.4 Å². The third kappa shape index (κ3) is 3.34. The number of aromatic nitrogens is 2. The van der Waals surface area contributed by atoms with Crippen LogP contribution in [0.2, 0.25) is 0 Å². The molecular weight excluding hydrogens is 348 g/mol. The Kier molecular flexibility index (Phi) is 4.47. The number of benzene rings is 1. The van der Waals surface area contributed by atoms with Gasteiger partial charge >= 0.3 is 0 Å². The van der Waals surface area contributed by atoms with Crippen LogP contribution in [0.5, 0.6) is 11.5 Å². The van der Waals surface area contributed by atoms with E-state index in [2.05, 4.69) is 10.2 Å². The van der Waals surface area contributed by atoms with Crippen molar-refractivity contribution in [1.29, 1.82) is 0 Å². The van der Waals surface area contributed by atoms with Crippen molar-refractivity contribution < 1.29 is 19.1 Å². The second kappa shape index (κ2) is 6.94. The predicted molar refractivity (Wildman–Crippen MR) is 97.2 cm³/mol. The summed E-state index contributed by atoms with van der Waals surface area (Å²) in [6.07, 6.45) is 1.18. The minimum Gasteiger partial charge on any atom is -0.454 e. The lowest BCUT2D eigenvalue weighted by atomic mass is 10.0. The number of hydrogen-bond donors (Lipinski definition) is 1. The summed E-state index contributed by atoms with van der Waals surface area (Å²) in [6.45, 7) is 1.35. The molecule has 4 rings (SSSR count). The fraction of sp³-hybridized carbons (Fsp3) is 0.421. The van der Waals surface area contributed by atoms with E-state index < -0.39 is 0 Å². The van der Waals surface area contributed by atoms with Crippen LogP contribution in [0, 0.1) is 0 Å². The summed E-state index contributed by atoms with van der Waals surface area (Å²) in [4.78, 5) is 27.6. The van der Waals surface area contributed by atoms with Crippen molar-refractivity contribution in [1.82, 2.24) is 20.0 Å². The van der Waals surface area contributed by atoms with Crippen molar-refractivity contribution in [3.05, 3.63) is 29.5 Å². The summed E-state index contributed by atoms with van der Waals surface area (Å²) in [6, 6.07) is 5.73. The van der Waals surface area contributed by atoms with Crippen molar-refractivity contribution in [3.63, 3.8) is 0 Å². The topological polar surface area (TPSA) is 87.8 Å². The van der Waals surface area contributed by atoms with Crippen LogP contribution >= 0.6 is 0 Å². The largest absolute Gasteiger partial charge is 0.454 e. The van der Waals surface area contributed by atoms with E-state index in [9.17, 15) is 9.59 Å². The quantitative estimate of drug-likeness (QED) is 0.882. The molecule has 2 amide bonds. The molecule has 0 unspecified atom stereocenters. The summed E-state index contributed by atoms with van der Waals surface area (Å²) in [5.41, 5.74) is 3.82. The molecule has 27 heavy (non-hydrogen) atoms. The number of fused-ring (bicyclic) bond motifs is 2. The molecule has 8 nitrogen and oxygen atoms in total. The monoisotopic (exact) mass is 370 g/mol. The number of carbonyl (C=O) groups excluding carboxylic acids is 2. The van der Waals surface area contributed by atoms with Crippen LogP contribution in [-0.2, 0) is 22.6 Å². The van der Waals surface area contributed by atoms with Crippen LogP contribution in [0.1, 0.15) is 24.1 Å². The fourth-order valence-corrected chi connectivity index (χ4v) is 3.39. The molecule has 142 valence electrons. The van der Waals surface area contributed by atoms with E-state index in [1.54, 1.807) is 19.0 Å². The van der Waals surface area contributed by atoms with E-state index in [1.165, 1.54) is 4.90 Å². The first-order chi connectivity index (χ1) is 13.0. The molecule has 3 heterocycles. The maximum absolute atomic E-state index is 12.5. The average molecular weight is 370 g/mol. The number of H-pyrrole nitrogens is 1. The summed E-state index contributed by atoms with van der Waals surface area (Å²) in [5.74, 6) is 1.39. The maximum Gasteiger partial charge on any atom is 0.231 e. The van der Waals surface area contributed by atoms with Crippen molar-refractivity contribution in [3.8, 4) is 22.8 Å². The van der Waals surface area contributed by atoms with Crippen LogP contribution < -0.4 is 9.47 Å². The Morgan fingerprint density at radius 2 is 2.04 bits per heavy atom. The minimum atomic E-state index is -0.0367. The standard InChI is InChI=1S/C19H22N4O4/c1-22(2)17(24)5-6-18(25)23-8-7-14-13(10-23)19(21-20-14)12-3-4-15-16(9-12)27-11-26-15/h3-4,9H,5-8,10-11H2,1-2H3,(H,20,21). The number of ether oxygens (including phenoxy) is 2. The smallest absolute Gasteiger partial charge is 0.231 e. The average Bonchev–Trinajstić information content (AvgIpc) is 3.30. The van der Waals surface area contributed by atoms with Crippen molar-refractivity contribution in [2.24, 2.45) is 0 Å². The van der Waals surface area contributed by atoms with Crippen LogP contribution in [0.15, 0.2) is 18.2 Å². The molecule has 0 saturated carbocycles. The van der Waals surface area contributed by atoms with Crippen LogP contribution in [-0.4, -0.2) is 59.2 Å². The van der Waals surface area contributed by atoms with Gasteiger partial charge in [0.25, 0.3) is 0 Å². The number of aromatic amines is 1. The molecule has 8 heteroatoms. The van der Waals surface area contributed by atoms with Crippen LogP contribution in [0.3, 0.4) is 0 Å². The lowest BCUT2D eigenvalue weighted by Crippen LogP contribution is -2.36. The Labute approximate surface area is 157 Å². The number of nitrogens with one attached hydrogen (secondary N) is 1. The molecule has 0 radical (unpaired) electrons. The molecule has 1 N–H and O–H groups in total. The van der Waals surface area contributed by atoms with E-state index in [-0.39, 0.29) is 31.4 Å². The summed E-state index contributed by atoms with van der Waals surface area (Å²) < 4.78 is 10.8. The Morgan fingerprint density at radius 1 is 1.22 bits per heavy atom. The van der Waals surface area contributed by atoms with Gasteiger partial charge in [-0.1, -0.05) is 0 Å². The van der Waals surface area contributed by atoms with Gasteiger partial charge in [-0.2, -0.15) is 5.10 Å². The lowest BCUT2D eigenvalue weighted by molar-refractivity contribution is -0.136. The van der Waals surface area contributed by atoms with Crippen LogP contribution in [0.4, 0.5) is 0 Å². The van der Waals surface area contributed by atoms with Gasteiger partial charge < -0.3 is 19.3 Å². The third-order valence-electron chi connectivity index (χ3n) is 4.98. The molecule has 0 spiro atoms. The van der Waals surface area contributed by atoms with E-state index in [0.29, 0.717) is 18.8 Å². The highest BCUT2D eigenvalue weighted by Crippen LogP contribution is 2.37. The highest BCUT2D eigenvalue weighted by atomic mass is 16.7. The second-order valence-electron chi connectivity index (χ2n) is 6.95. The van der Waals surface area contributed by atoms with E-state index in [4.69, 9.17) is 9.47 Å². The van der Waals surface area contributed by atoms with Gasteiger partial charge in [0, 0.05) is 63.3 Å². The molecule has 1 aromatic carbocycles. The molecule has 0 saturated heterocycles. The number of hydrogen-bond acceptors (Lipinski definition) is 5. The normalized spacial score (nSPS) is 14.8. The summed E-state index contributed by atoms with van der Waals surface area (Å²) in [7, 11) is 3.40. The van der Waals surface area contributed by atoms with E-state index in [0.717, 1.165) is 34.7 Å². The maximum atomic E-state index is 12.5. The summed E-state index contributed by atoms with van der Waals surface area (Å²) in [5, 5.41) is 7.56. The zero-order valence-corrected chi connectivity index (χ0v) is 15.4. The first-order valence-corrected chi connectivity index (χ1v) is 8.97. The first-order valence-electron chi connectivity index (χ1n) is 8.97. The summed E-state index contributed by atoms with van der Waals surface area (Å²) >= 11 is 0. The van der Waals surface area contributed by atoms with Gasteiger partial charge in [-0.15, -0.1) is 0 Å². The molecule has 2 aliphatic rings. The predicted octanol–water partition coefficient (Wildman–Crippen LogP) is 1.56. The molecule has 0 fully saturated rings. The molecule has 0 atom stereocenters. The molecule has 2 aliphatic heterocycles. The van der Waals surface area contributed by atoms with Crippen molar-refractivity contribution >= 4 is 11.8 Å². The second-order valence-corrected chi connectivity index (χ2v) is 6.95. The van der Waals surface area contributed by atoms with Gasteiger partial charge in [0.15, 0.2) is 11.5 Å².